The summed E-state index contributed by atoms with van der Waals surface area (Å²) in [4.78, 5) is 29.7. The molecule has 1 saturated heterocycles. The van der Waals surface area contributed by atoms with Crippen LogP contribution in [0.3, 0.4) is 0 Å². The van der Waals surface area contributed by atoms with Crippen LogP contribution in [0.5, 0.6) is 0 Å². The van der Waals surface area contributed by atoms with Crippen molar-refractivity contribution in [3.05, 3.63) is 29.8 Å². The second-order valence-corrected chi connectivity index (χ2v) is 6.82. The van der Waals surface area contributed by atoms with E-state index in [1.165, 1.54) is 6.42 Å². The minimum atomic E-state index is -0.781. The summed E-state index contributed by atoms with van der Waals surface area (Å²) in [6.07, 6.45) is 4.71. The fourth-order valence-electron chi connectivity index (χ4n) is 3.54. The van der Waals surface area contributed by atoms with Gasteiger partial charge in [-0.25, -0.2) is 0 Å². The Morgan fingerprint density at radius 3 is 2.43 bits per heavy atom. The Labute approximate surface area is 138 Å². The first kappa shape index (κ1) is 16.0. The van der Waals surface area contributed by atoms with Gasteiger partial charge in [0.25, 0.3) is 0 Å². The van der Waals surface area contributed by atoms with E-state index in [1.54, 1.807) is 4.90 Å². The van der Waals surface area contributed by atoms with Crippen LogP contribution in [0.25, 0.3) is 0 Å². The Morgan fingerprint density at radius 2 is 1.87 bits per heavy atom. The number of nitrogens with zero attached hydrogens (tertiary/aromatic N) is 2. The van der Waals surface area contributed by atoms with Crippen LogP contribution >= 0.6 is 0 Å². The van der Waals surface area contributed by atoms with Crippen LogP contribution in [0.4, 0.5) is 5.69 Å². The highest BCUT2D eigenvalue weighted by Crippen LogP contribution is 2.49. The topological polar surface area (TPSA) is 40.6 Å². The normalized spacial score (nSPS) is 19.3. The number of benzene rings is 1. The second kappa shape index (κ2) is 6.34. The molecule has 0 spiro atoms. The molecule has 0 unspecified atom stereocenters. The number of likely N-dealkylation sites (tertiary alicyclic amines) is 1. The van der Waals surface area contributed by atoms with Crippen molar-refractivity contribution in [2.24, 2.45) is 5.41 Å². The van der Waals surface area contributed by atoms with Crippen LogP contribution in [0.1, 0.15) is 44.6 Å². The molecule has 3 rings (SSSR count). The molecule has 4 heteroatoms. The molecule has 124 valence electrons. The van der Waals surface area contributed by atoms with E-state index in [4.69, 9.17) is 0 Å². The summed E-state index contributed by atoms with van der Waals surface area (Å²) >= 11 is 0. The minimum absolute atomic E-state index is 0.0128. The number of piperidine rings is 1. The van der Waals surface area contributed by atoms with Crippen molar-refractivity contribution >= 4 is 17.5 Å². The average molecular weight is 314 g/mol. The minimum Gasteiger partial charge on any atom is -0.342 e. The molecule has 2 fully saturated rings. The molecule has 0 bridgehead atoms. The first-order chi connectivity index (χ1) is 11.1. The van der Waals surface area contributed by atoms with E-state index in [0.717, 1.165) is 37.2 Å². The van der Waals surface area contributed by atoms with Gasteiger partial charge in [-0.1, -0.05) is 12.1 Å². The molecule has 1 aliphatic heterocycles. The summed E-state index contributed by atoms with van der Waals surface area (Å²) in [5, 5.41) is 0. The van der Waals surface area contributed by atoms with Crippen molar-refractivity contribution < 1.29 is 9.59 Å². The van der Waals surface area contributed by atoms with Crippen LogP contribution in [-0.2, 0) is 9.59 Å². The number of anilines is 1. The first-order valence-corrected chi connectivity index (χ1v) is 8.76. The number of aryl methyl sites for hydroxylation is 1. The third kappa shape index (κ3) is 2.99. The molecule has 2 amide bonds. The number of carbonyl (C=O) groups is 2. The number of hydrogen-bond acceptors (Lipinski definition) is 2. The molecule has 0 atom stereocenters. The molecule has 0 N–H and O–H groups in total. The average Bonchev–Trinajstić information content (AvgIpc) is 3.37. The molecule has 23 heavy (non-hydrogen) atoms. The van der Waals surface area contributed by atoms with Gasteiger partial charge in [0.1, 0.15) is 5.41 Å². The van der Waals surface area contributed by atoms with E-state index < -0.39 is 5.41 Å². The van der Waals surface area contributed by atoms with E-state index in [0.29, 0.717) is 19.4 Å². The number of carbonyl (C=O) groups excluding carboxylic acids is 2. The maximum Gasteiger partial charge on any atom is 0.242 e. The zero-order valence-electron chi connectivity index (χ0n) is 14.2. The van der Waals surface area contributed by atoms with Crippen molar-refractivity contribution in [2.75, 3.05) is 24.5 Å². The van der Waals surface area contributed by atoms with E-state index >= 15 is 0 Å². The summed E-state index contributed by atoms with van der Waals surface area (Å²) in [7, 11) is 0. The Kier molecular flexibility index (Phi) is 4.42. The van der Waals surface area contributed by atoms with Crippen LogP contribution in [0, 0.1) is 12.3 Å². The molecule has 1 aromatic rings. The third-order valence-corrected chi connectivity index (χ3v) is 5.09. The zero-order chi connectivity index (χ0) is 16.4. The van der Waals surface area contributed by atoms with Gasteiger partial charge in [0, 0.05) is 25.3 Å². The van der Waals surface area contributed by atoms with Crippen molar-refractivity contribution in [3.63, 3.8) is 0 Å². The van der Waals surface area contributed by atoms with Crippen LogP contribution < -0.4 is 4.90 Å². The third-order valence-electron chi connectivity index (χ3n) is 5.09. The highest BCUT2D eigenvalue weighted by molar-refractivity contribution is 6.14. The SMILES string of the molecule is CCN(C(=O)C1(C(=O)N2CCCCC2)CC1)c1cccc(C)c1. The van der Waals surface area contributed by atoms with Crippen LogP contribution in [0.2, 0.25) is 0 Å². The molecular weight excluding hydrogens is 288 g/mol. The van der Waals surface area contributed by atoms with E-state index in [9.17, 15) is 9.59 Å². The van der Waals surface area contributed by atoms with Crippen LogP contribution in [0.15, 0.2) is 24.3 Å². The Morgan fingerprint density at radius 1 is 1.17 bits per heavy atom. The van der Waals surface area contributed by atoms with Crippen molar-refractivity contribution in [3.8, 4) is 0 Å². The van der Waals surface area contributed by atoms with E-state index in [2.05, 4.69) is 0 Å². The molecular formula is C19H26N2O2. The van der Waals surface area contributed by atoms with Gasteiger partial charge < -0.3 is 9.80 Å². The lowest BCUT2D eigenvalue weighted by Gasteiger charge is -2.32. The largest absolute Gasteiger partial charge is 0.342 e. The van der Waals surface area contributed by atoms with Gasteiger partial charge in [-0.3, -0.25) is 9.59 Å². The van der Waals surface area contributed by atoms with E-state index in [-0.39, 0.29) is 11.8 Å². The molecule has 0 radical (unpaired) electrons. The summed E-state index contributed by atoms with van der Waals surface area (Å²) in [5.41, 5.74) is 1.24. The number of rotatable bonds is 4. The standard InChI is InChI=1S/C19H26N2O2/c1-3-21(16-9-7-8-15(2)14-16)18(23)19(10-11-19)17(22)20-12-5-4-6-13-20/h7-9,14H,3-6,10-13H2,1-2H3. The molecule has 2 aliphatic rings. The lowest BCUT2D eigenvalue weighted by molar-refractivity contribution is -0.143. The summed E-state index contributed by atoms with van der Waals surface area (Å²) in [6, 6.07) is 7.96. The fourth-order valence-corrected chi connectivity index (χ4v) is 3.54. The quantitative estimate of drug-likeness (QED) is 0.801. The van der Waals surface area contributed by atoms with Crippen molar-refractivity contribution in [2.45, 2.75) is 46.0 Å². The maximum atomic E-state index is 13.1. The van der Waals surface area contributed by atoms with Gasteiger partial charge in [0.2, 0.25) is 11.8 Å². The summed E-state index contributed by atoms with van der Waals surface area (Å²) < 4.78 is 0. The molecule has 1 aromatic carbocycles. The zero-order valence-corrected chi connectivity index (χ0v) is 14.2. The molecule has 4 nitrogen and oxygen atoms in total. The first-order valence-electron chi connectivity index (χ1n) is 8.76. The molecule has 1 heterocycles. The van der Waals surface area contributed by atoms with Crippen molar-refractivity contribution in [1.82, 2.24) is 4.90 Å². The van der Waals surface area contributed by atoms with E-state index in [1.807, 2.05) is 43.0 Å². The fraction of sp³-hybridized carbons (Fsp3) is 0.579. The monoisotopic (exact) mass is 314 g/mol. The highest BCUT2D eigenvalue weighted by atomic mass is 16.2. The van der Waals surface area contributed by atoms with Gasteiger partial charge in [-0.2, -0.15) is 0 Å². The Hall–Kier alpha value is -1.84. The molecule has 0 aromatic heterocycles. The smallest absolute Gasteiger partial charge is 0.242 e. The highest BCUT2D eigenvalue weighted by Gasteiger charge is 2.59. The second-order valence-electron chi connectivity index (χ2n) is 6.82. The predicted molar refractivity (Wildman–Crippen MR) is 91.3 cm³/mol. The van der Waals surface area contributed by atoms with Crippen molar-refractivity contribution in [1.29, 1.82) is 0 Å². The van der Waals surface area contributed by atoms with Gasteiger partial charge >= 0.3 is 0 Å². The lowest BCUT2D eigenvalue weighted by atomic mass is 10.00. The van der Waals surface area contributed by atoms with Gasteiger partial charge in [-0.15, -0.1) is 0 Å². The Balaban J connectivity index is 1.81. The summed E-state index contributed by atoms with van der Waals surface area (Å²) in [5.74, 6) is 0.0504. The van der Waals surface area contributed by atoms with Gasteiger partial charge in [0.15, 0.2) is 0 Å². The molecule has 1 saturated carbocycles. The predicted octanol–water partition coefficient (Wildman–Crippen LogP) is 3.14. The lowest BCUT2D eigenvalue weighted by Crippen LogP contribution is -2.48. The molecule has 1 aliphatic carbocycles. The van der Waals surface area contributed by atoms with Gasteiger partial charge in [-0.05, 0) is 63.6 Å². The van der Waals surface area contributed by atoms with Gasteiger partial charge in [0.05, 0.1) is 0 Å². The number of hydrogen-bond donors (Lipinski definition) is 0. The van der Waals surface area contributed by atoms with Crippen LogP contribution in [-0.4, -0.2) is 36.3 Å². The maximum absolute atomic E-state index is 13.1. The Bertz CT molecular complexity index is 601. The summed E-state index contributed by atoms with van der Waals surface area (Å²) in [6.45, 7) is 6.21. The number of amides is 2.